The van der Waals surface area contributed by atoms with Gasteiger partial charge in [-0.2, -0.15) is 11.8 Å². The number of rotatable bonds is 12. The number of carbonyl (C=O) groups is 2. The number of nitrogens with one attached hydrogen (secondary N) is 1. The van der Waals surface area contributed by atoms with Crippen LogP contribution in [0, 0.1) is 6.92 Å². The molecule has 0 saturated heterocycles. The molecule has 0 radical (unpaired) electrons. The maximum absolute atomic E-state index is 13.3. The SMILES string of the molecule is CSCC[C@H](NC(=O)c1ccc(COCc2cnc(-c3ccccc3Cl)s2)cc1-c1ccccc1C)C(=O)O.[H-].[Li+]. The monoisotopic (exact) mass is 588 g/mol. The number of benzene rings is 3. The molecule has 1 amide bonds. The fraction of sp³-hybridized carbons (Fsp3) is 0.233. The van der Waals surface area contributed by atoms with Gasteiger partial charge in [0.1, 0.15) is 11.0 Å². The van der Waals surface area contributed by atoms with Crippen molar-refractivity contribution < 1.29 is 39.7 Å². The van der Waals surface area contributed by atoms with Crippen molar-refractivity contribution in [2.75, 3.05) is 12.0 Å². The molecule has 0 saturated carbocycles. The molecule has 1 aromatic heterocycles. The minimum absolute atomic E-state index is 0. The van der Waals surface area contributed by atoms with Crippen LogP contribution in [-0.2, 0) is 22.7 Å². The van der Waals surface area contributed by atoms with Gasteiger partial charge in [-0.1, -0.05) is 60.1 Å². The quantitative estimate of drug-likeness (QED) is 0.241. The van der Waals surface area contributed by atoms with Crippen LogP contribution in [0.5, 0.6) is 0 Å². The van der Waals surface area contributed by atoms with Crippen molar-refractivity contribution in [3.05, 3.63) is 99.5 Å². The van der Waals surface area contributed by atoms with Crippen molar-refractivity contribution in [2.24, 2.45) is 0 Å². The minimum atomic E-state index is -1.04. The van der Waals surface area contributed by atoms with Crippen LogP contribution in [0.2, 0.25) is 5.02 Å². The zero-order valence-corrected chi connectivity index (χ0v) is 25.0. The van der Waals surface area contributed by atoms with E-state index in [1.54, 1.807) is 24.0 Å². The average molecular weight is 589 g/mol. The third-order valence-electron chi connectivity index (χ3n) is 6.15. The number of carbonyl (C=O) groups excluding carboxylic acids is 1. The normalized spacial score (nSPS) is 11.5. The molecule has 10 heteroatoms. The van der Waals surface area contributed by atoms with Gasteiger partial charge < -0.3 is 16.6 Å². The molecule has 6 nitrogen and oxygen atoms in total. The van der Waals surface area contributed by atoms with E-state index < -0.39 is 17.9 Å². The largest absolute Gasteiger partial charge is 1.00 e. The maximum atomic E-state index is 13.3. The van der Waals surface area contributed by atoms with Crippen molar-refractivity contribution in [1.82, 2.24) is 10.3 Å². The van der Waals surface area contributed by atoms with Crippen LogP contribution in [0.3, 0.4) is 0 Å². The molecule has 0 aliphatic heterocycles. The van der Waals surface area contributed by atoms with Gasteiger partial charge in [-0.25, -0.2) is 9.78 Å². The summed E-state index contributed by atoms with van der Waals surface area (Å²) in [4.78, 5) is 30.4. The number of halogens is 1. The number of carboxylic acid groups (broad SMARTS) is 1. The van der Waals surface area contributed by atoms with Crippen molar-refractivity contribution >= 4 is 46.6 Å². The zero-order chi connectivity index (χ0) is 27.8. The predicted molar refractivity (Wildman–Crippen MR) is 161 cm³/mol. The summed E-state index contributed by atoms with van der Waals surface area (Å²) >= 11 is 9.38. The van der Waals surface area contributed by atoms with Crippen LogP contribution in [0.4, 0.5) is 0 Å². The van der Waals surface area contributed by atoms with E-state index in [-0.39, 0.29) is 20.3 Å². The Kier molecular flexibility index (Phi) is 12.3. The Labute approximate surface area is 261 Å². The number of ether oxygens (including phenoxy) is 1. The molecular weight excluding hydrogens is 559 g/mol. The van der Waals surface area contributed by atoms with Crippen molar-refractivity contribution in [3.63, 3.8) is 0 Å². The Morgan fingerprint density at radius 1 is 1.07 bits per heavy atom. The van der Waals surface area contributed by atoms with Gasteiger partial charge in [-0.15, -0.1) is 11.3 Å². The number of nitrogens with zero attached hydrogens (tertiary/aromatic N) is 1. The summed E-state index contributed by atoms with van der Waals surface area (Å²) < 4.78 is 6.00. The first-order valence-corrected chi connectivity index (χ1v) is 14.9. The first-order chi connectivity index (χ1) is 18.9. The third-order valence-corrected chi connectivity index (χ3v) is 8.13. The van der Waals surface area contributed by atoms with Gasteiger partial charge in [-0.3, -0.25) is 4.79 Å². The van der Waals surface area contributed by atoms with E-state index in [0.29, 0.717) is 36.0 Å². The van der Waals surface area contributed by atoms with Crippen LogP contribution >= 0.6 is 34.7 Å². The van der Waals surface area contributed by atoms with Crippen LogP contribution < -0.4 is 24.2 Å². The topological polar surface area (TPSA) is 88.5 Å². The summed E-state index contributed by atoms with van der Waals surface area (Å²) in [7, 11) is 0. The molecule has 1 atom stereocenters. The molecule has 2 N–H and O–H groups in total. The van der Waals surface area contributed by atoms with Gasteiger partial charge in [0, 0.05) is 17.3 Å². The second kappa shape index (κ2) is 15.4. The predicted octanol–water partition coefficient (Wildman–Crippen LogP) is 4.21. The molecule has 1 heterocycles. The van der Waals surface area contributed by atoms with Crippen molar-refractivity contribution in [2.45, 2.75) is 32.6 Å². The molecule has 0 aliphatic carbocycles. The van der Waals surface area contributed by atoms with Crippen LogP contribution in [0.25, 0.3) is 21.7 Å². The standard InChI is InChI=1S/C30H29ClN2O4S2.Li.H/c1-19-7-3-4-8-22(19)25-15-20(11-12-23(25)28(34)33-27(30(35)36)13-14-38-2)17-37-18-21-16-32-29(39-21)24-9-5-6-10-26(24)31;;/h3-12,15-16,27H,13-14,17-18H2,1-2H3,(H,33,34)(H,35,36);;/q;+1;-1/t27-;;/m0../s1. The minimum Gasteiger partial charge on any atom is -1.00 e. The maximum Gasteiger partial charge on any atom is 1.00 e. The Balaban J connectivity index is 0.00000294. The van der Waals surface area contributed by atoms with Crippen molar-refractivity contribution in [1.29, 1.82) is 0 Å². The van der Waals surface area contributed by atoms with E-state index in [1.807, 2.05) is 73.8 Å². The van der Waals surface area contributed by atoms with E-state index >= 15 is 0 Å². The Hall–Kier alpha value is -2.57. The first kappa shape index (κ1) is 31.9. The third kappa shape index (κ3) is 8.23. The van der Waals surface area contributed by atoms with Gasteiger partial charge in [0.2, 0.25) is 0 Å². The summed E-state index contributed by atoms with van der Waals surface area (Å²) in [5.41, 5.74) is 4.88. The summed E-state index contributed by atoms with van der Waals surface area (Å²) in [6.45, 7) is 2.71. The number of carboxylic acids is 1. The van der Waals surface area contributed by atoms with Crippen molar-refractivity contribution in [3.8, 4) is 21.7 Å². The molecule has 4 aromatic rings. The average Bonchev–Trinajstić information content (AvgIpc) is 3.40. The van der Waals surface area contributed by atoms with E-state index in [2.05, 4.69) is 10.3 Å². The number of hydrogen-bond acceptors (Lipinski definition) is 6. The molecule has 40 heavy (non-hydrogen) atoms. The summed E-state index contributed by atoms with van der Waals surface area (Å²) in [5.74, 6) is -0.815. The number of aliphatic carboxylic acids is 1. The molecular formula is C30H30ClLiN2O4S2. The number of amides is 1. The molecule has 0 aliphatic rings. The number of aromatic nitrogens is 1. The summed E-state index contributed by atoms with van der Waals surface area (Å²) in [6, 6.07) is 20.0. The second-order valence-electron chi connectivity index (χ2n) is 8.94. The Bertz CT molecular complexity index is 1470. The molecule has 4 rings (SSSR count). The smallest absolute Gasteiger partial charge is 1.00 e. The molecule has 0 unspecified atom stereocenters. The van der Waals surface area contributed by atoms with Gasteiger partial charge in [0.15, 0.2) is 0 Å². The van der Waals surface area contributed by atoms with E-state index in [1.165, 1.54) is 11.3 Å². The Morgan fingerprint density at radius 2 is 1.80 bits per heavy atom. The fourth-order valence-corrected chi connectivity index (χ4v) is 5.75. The van der Waals surface area contributed by atoms with E-state index in [4.69, 9.17) is 16.3 Å². The fourth-order valence-electron chi connectivity index (χ4n) is 4.11. The van der Waals surface area contributed by atoms with E-state index in [0.717, 1.165) is 37.7 Å². The number of thioether (sulfide) groups is 1. The molecule has 3 aromatic carbocycles. The van der Waals surface area contributed by atoms with Gasteiger partial charge in [-0.05, 0) is 65.8 Å². The molecule has 0 spiro atoms. The number of thiazole rings is 1. The van der Waals surface area contributed by atoms with Gasteiger partial charge in [0.25, 0.3) is 5.91 Å². The first-order valence-electron chi connectivity index (χ1n) is 12.4. The van der Waals surface area contributed by atoms with Gasteiger partial charge >= 0.3 is 24.8 Å². The van der Waals surface area contributed by atoms with Gasteiger partial charge in [0.05, 0.1) is 23.1 Å². The zero-order valence-electron chi connectivity index (χ0n) is 23.6. The molecule has 0 bridgehead atoms. The summed E-state index contributed by atoms with van der Waals surface area (Å²) in [6.07, 6.45) is 4.06. The Morgan fingerprint density at radius 3 is 2.50 bits per heavy atom. The van der Waals surface area contributed by atoms with Crippen LogP contribution in [0.15, 0.2) is 72.9 Å². The number of aryl methyl sites for hydroxylation is 1. The molecule has 0 fully saturated rings. The van der Waals surface area contributed by atoms with E-state index in [9.17, 15) is 14.7 Å². The molecule has 204 valence electrons. The van der Waals surface area contributed by atoms with Crippen LogP contribution in [-0.4, -0.2) is 40.0 Å². The van der Waals surface area contributed by atoms with Crippen LogP contribution in [0.1, 0.15) is 34.2 Å². The second-order valence-corrected chi connectivity index (χ2v) is 11.5. The number of hydrogen-bond donors (Lipinski definition) is 2. The summed E-state index contributed by atoms with van der Waals surface area (Å²) in [5, 5.41) is 13.8.